The molecule has 2 rings (SSSR count). The summed E-state index contributed by atoms with van der Waals surface area (Å²) in [7, 11) is 0. The summed E-state index contributed by atoms with van der Waals surface area (Å²) < 4.78 is 6.05. The van der Waals surface area contributed by atoms with Gasteiger partial charge in [0.1, 0.15) is 6.10 Å². The van der Waals surface area contributed by atoms with Crippen LogP contribution in [0.4, 0.5) is 0 Å². The molecule has 1 aliphatic carbocycles. The van der Waals surface area contributed by atoms with Crippen LogP contribution in [0.1, 0.15) is 45.6 Å². The summed E-state index contributed by atoms with van der Waals surface area (Å²) in [5.74, 6) is 2.21. The summed E-state index contributed by atoms with van der Waals surface area (Å²) in [4.78, 5) is 0. The minimum atomic E-state index is 0.392. The molecule has 0 radical (unpaired) electrons. The molecular formula is C18H26O. The van der Waals surface area contributed by atoms with Crippen molar-refractivity contribution in [1.82, 2.24) is 0 Å². The Balaban J connectivity index is 1.94. The standard InChI is InChI=1S/C18H26O/c1-14(2)17-10-9-15(3)13-18(17)19-12-11-16-7-5-4-6-8-16/h4-8,11-12,14-15,17-18H,9-10,13H2,1-3H3/b12-11+/t15-,17+,18?/m1/s1. The van der Waals surface area contributed by atoms with E-state index >= 15 is 0 Å². The second kappa shape index (κ2) is 6.79. The first-order valence-electron chi connectivity index (χ1n) is 7.54. The van der Waals surface area contributed by atoms with Crippen molar-refractivity contribution in [3.05, 3.63) is 42.2 Å². The van der Waals surface area contributed by atoms with E-state index in [-0.39, 0.29) is 0 Å². The second-order valence-electron chi connectivity index (χ2n) is 6.21. The van der Waals surface area contributed by atoms with Crippen molar-refractivity contribution in [1.29, 1.82) is 0 Å². The lowest BCUT2D eigenvalue weighted by molar-refractivity contribution is 0.0145. The van der Waals surface area contributed by atoms with Crippen molar-refractivity contribution < 1.29 is 4.74 Å². The molecule has 0 amide bonds. The van der Waals surface area contributed by atoms with Crippen molar-refractivity contribution in [3.63, 3.8) is 0 Å². The molecule has 0 heterocycles. The summed E-state index contributed by atoms with van der Waals surface area (Å²) in [5.41, 5.74) is 1.20. The molecule has 1 fully saturated rings. The van der Waals surface area contributed by atoms with Gasteiger partial charge >= 0.3 is 0 Å². The largest absolute Gasteiger partial charge is 0.498 e. The van der Waals surface area contributed by atoms with Crippen LogP contribution in [0.25, 0.3) is 6.08 Å². The van der Waals surface area contributed by atoms with E-state index in [1.807, 2.05) is 12.3 Å². The first kappa shape index (κ1) is 14.2. The molecule has 0 saturated heterocycles. The maximum absolute atomic E-state index is 6.05. The lowest BCUT2D eigenvalue weighted by atomic mass is 9.75. The highest BCUT2D eigenvalue weighted by atomic mass is 16.5. The molecule has 19 heavy (non-hydrogen) atoms. The van der Waals surface area contributed by atoms with Gasteiger partial charge in [-0.2, -0.15) is 0 Å². The predicted molar refractivity (Wildman–Crippen MR) is 81.7 cm³/mol. The van der Waals surface area contributed by atoms with Gasteiger partial charge in [-0.15, -0.1) is 0 Å². The van der Waals surface area contributed by atoms with E-state index in [1.165, 1.54) is 24.8 Å². The average molecular weight is 258 g/mol. The van der Waals surface area contributed by atoms with E-state index < -0.39 is 0 Å². The van der Waals surface area contributed by atoms with Crippen molar-refractivity contribution in [2.24, 2.45) is 17.8 Å². The maximum atomic E-state index is 6.05. The Morgan fingerprint density at radius 2 is 1.89 bits per heavy atom. The predicted octanol–water partition coefficient (Wildman–Crippen LogP) is 5.13. The molecule has 1 unspecified atom stereocenters. The molecule has 0 bridgehead atoms. The lowest BCUT2D eigenvalue weighted by Gasteiger charge is -2.36. The van der Waals surface area contributed by atoms with Crippen LogP contribution < -0.4 is 0 Å². The van der Waals surface area contributed by atoms with Crippen LogP contribution in [-0.4, -0.2) is 6.10 Å². The highest BCUT2D eigenvalue weighted by molar-refractivity contribution is 5.47. The summed E-state index contributed by atoms with van der Waals surface area (Å²) >= 11 is 0. The minimum absolute atomic E-state index is 0.392. The topological polar surface area (TPSA) is 9.23 Å². The second-order valence-corrected chi connectivity index (χ2v) is 6.21. The van der Waals surface area contributed by atoms with Crippen LogP contribution >= 0.6 is 0 Å². The van der Waals surface area contributed by atoms with Crippen LogP contribution in [0, 0.1) is 17.8 Å². The molecule has 0 spiro atoms. The van der Waals surface area contributed by atoms with Gasteiger partial charge in [-0.3, -0.25) is 0 Å². The fraction of sp³-hybridized carbons (Fsp3) is 0.556. The Labute approximate surface area is 117 Å². The first-order valence-corrected chi connectivity index (χ1v) is 7.54. The molecule has 0 N–H and O–H groups in total. The Morgan fingerprint density at radius 1 is 1.16 bits per heavy atom. The summed E-state index contributed by atoms with van der Waals surface area (Å²) in [5, 5.41) is 0. The quantitative estimate of drug-likeness (QED) is 0.680. The number of hydrogen-bond acceptors (Lipinski definition) is 1. The lowest BCUT2D eigenvalue weighted by Crippen LogP contribution is -2.33. The number of benzene rings is 1. The van der Waals surface area contributed by atoms with Gasteiger partial charge in [0.05, 0.1) is 6.26 Å². The molecule has 1 aromatic rings. The van der Waals surface area contributed by atoms with E-state index in [1.54, 1.807) is 0 Å². The van der Waals surface area contributed by atoms with Crippen LogP contribution in [0.5, 0.6) is 0 Å². The van der Waals surface area contributed by atoms with E-state index in [9.17, 15) is 0 Å². The van der Waals surface area contributed by atoms with Crippen molar-refractivity contribution in [2.75, 3.05) is 0 Å². The highest BCUT2D eigenvalue weighted by Gasteiger charge is 2.31. The zero-order chi connectivity index (χ0) is 13.7. The van der Waals surface area contributed by atoms with Crippen LogP contribution in [0.15, 0.2) is 36.6 Å². The van der Waals surface area contributed by atoms with Crippen molar-refractivity contribution in [2.45, 2.75) is 46.1 Å². The first-order chi connectivity index (χ1) is 9.16. The van der Waals surface area contributed by atoms with Gasteiger partial charge in [0, 0.05) is 0 Å². The minimum Gasteiger partial charge on any atom is -0.498 e. The fourth-order valence-electron chi connectivity index (χ4n) is 3.05. The number of rotatable bonds is 4. The maximum Gasteiger partial charge on any atom is 0.101 e. The summed E-state index contributed by atoms with van der Waals surface area (Å²) in [6.07, 6.45) is 8.21. The highest BCUT2D eigenvalue weighted by Crippen LogP contribution is 2.35. The third-order valence-electron chi connectivity index (χ3n) is 4.27. The van der Waals surface area contributed by atoms with Crippen molar-refractivity contribution >= 4 is 6.08 Å². The molecule has 0 aromatic heterocycles. The van der Waals surface area contributed by atoms with Gasteiger partial charge in [0.2, 0.25) is 0 Å². The molecule has 1 heteroatoms. The SMILES string of the molecule is CC(C)[C@@H]1CC[C@@H](C)CC1O/C=C/c1ccccc1. The van der Waals surface area contributed by atoms with Gasteiger partial charge in [-0.1, -0.05) is 57.5 Å². The molecule has 0 aliphatic heterocycles. The summed E-state index contributed by atoms with van der Waals surface area (Å²) in [6, 6.07) is 10.3. The van der Waals surface area contributed by atoms with Gasteiger partial charge in [0.15, 0.2) is 0 Å². The zero-order valence-electron chi connectivity index (χ0n) is 12.4. The smallest absolute Gasteiger partial charge is 0.101 e. The molecule has 1 aromatic carbocycles. The van der Waals surface area contributed by atoms with E-state index in [4.69, 9.17) is 4.74 Å². The van der Waals surface area contributed by atoms with Crippen LogP contribution in [-0.2, 0) is 4.74 Å². The number of hydrogen-bond donors (Lipinski definition) is 0. The average Bonchev–Trinajstić information content (AvgIpc) is 2.39. The van der Waals surface area contributed by atoms with Gasteiger partial charge in [-0.05, 0) is 42.2 Å². The Bertz CT molecular complexity index is 393. The number of ether oxygens (including phenoxy) is 1. The Hall–Kier alpha value is -1.24. The van der Waals surface area contributed by atoms with Crippen LogP contribution in [0.3, 0.4) is 0 Å². The molecule has 104 valence electrons. The molecule has 3 atom stereocenters. The summed E-state index contributed by atoms with van der Waals surface area (Å²) in [6.45, 7) is 6.98. The van der Waals surface area contributed by atoms with Gasteiger partial charge in [-0.25, -0.2) is 0 Å². The fourth-order valence-corrected chi connectivity index (χ4v) is 3.05. The monoisotopic (exact) mass is 258 g/mol. The van der Waals surface area contributed by atoms with Gasteiger partial charge < -0.3 is 4.74 Å². The zero-order valence-corrected chi connectivity index (χ0v) is 12.4. The van der Waals surface area contributed by atoms with Crippen LogP contribution in [0.2, 0.25) is 0 Å². The van der Waals surface area contributed by atoms with Crippen molar-refractivity contribution in [3.8, 4) is 0 Å². The van der Waals surface area contributed by atoms with Gasteiger partial charge in [0.25, 0.3) is 0 Å². The third kappa shape index (κ3) is 4.12. The van der Waals surface area contributed by atoms with E-state index in [2.05, 4.69) is 51.1 Å². The Kier molecular flexibility index (Phi) is 5.07. The Morgan fingerprint density at radius 3 is 2.58 bits per heavy atom. The van der Waals surface area contributed by atoms with E-state index in [0.717, 1.165) is 5.92 Å². The van der Waals surface area contributed by atoms with E-state index in [0.29, 0.717) is 17.9 Å². The molecule has 1 aliphatic rings. The third-order valence-corrected chi connectivity index (χ3v) is 4.27. The molecular weight excluding hydrogens is 232 g/mol. The molecule has 1 nitrogen and oxygen atoms in total. The normalized spacial score (nSPS) is 27.9. The molecule has 1 saturated carbocycles.